The smallest absolute Gasteiger partial charge is 0.408 e. The lowest BCUT2D eigenvalue weighted by Crippen LogP contribution is -2.18. The second-order valence-electron chi connectivity index (χ2n) is 3.81. The zero-order chi connectivity index (χ0) is 14.2. The Kier molecular flexibility index (Phi) is 3.09. The van der Waals surface area contributed by atoms with Crippen molar-refractivity contribution in [3.63, 3.8) is 0 Å². The highest BCUT2D eigenvalue weighted by atomic mass is 19.4. The first kappa shape index (κ1) is 13.2. The number of benzene rings is 1. The van der Waals surface area contributed by atoms with Crippen molar-refractivity contribution in [2.75, 3.05) is 7.11 Å². The first-order valence-electron chi connectivity index (χ1n) is 5.16. The SMILES string of the molecule is COc1ccc2c(c1)c(C(=O)O)nn2CC(F)(F)F. The van der Waals surface area contributed by atoms with E-state index in [0.717, 1.165) is 0 Å². The topological polar surface area (TPSA) is 64.3 Å². The monoisotopic (exact) mass is 274 g/mol. The molecule has 0 atom stereocenters. The number of carbonyl (C=O) groups is 1. The van der Waals surface area contributed by atoms with E-state index in [9.17, 15) is 18.0 Å². The van der Waals surface area contributed by atoms with Crippen molar-refractivity contribution in [1.82, 2.24) is 9.78 Å². The minimum atomic E-state index is -4.48. The molecule has 0 aliphatic heterocycles. The van der Waals surface area contributed by atoms with Gasteiger partial charge in [-0.1, -0.05) is 0 Å². The van der Waals surface area contributed by atoms with E-state index in [-0.39, 0.29) is 10.9 Å². The van der Waals surface area contributed by atoms with Gasteiger partial charge in [-0.3, -0.25) is 4.68 Å². The normalized spacial score (nSPS) is 11.8. The van der Waals surface area contributed by atoms with Gasteiger partial charge >= 0.3 is 12.1 Å². The Morgan fingerprint density at radius 2 is 2.16 bits per heavy atom. The van der Waals surface area contributed by atoms with Gasteiger partial charge < -0.3 is 9.84 Å². The first-order valence-corrected chi connectivity index (χ1v) is 5.16. The number of nitrogens with zero attached hydrogens (tertiary/aromatic N) is 2. The van der Waals surface area contributed by atoms with Gasteiger partial charge in [-0.15, -0.1) is 0 Å². The molecule has 1 heterocycles. The molecule has 2 aromatic rings. The predicted molar refractivity (Wildman–Crippen MR) is 59.3 cm³/mol. The molecular formula is C11H9F3N2O3. The maximum atomic E-state index is 12.4. The molecule has 0 unspecified atom stereocenters. The molecule has 2 rings (SSSR count). The van der Waals surface area contributed by atoms with E-state index in [4.69, 9.17) is 9.84 Å². The van der Waals surface area contributed by atoms with Crippen LogP contribution in [0.4, 0.5) is 13.2 Å². The van der Waals surface area contributed by atoms with Crippen molar-refractivity contribution in [1.29, 1.82) is 0 Å². The fourth-order valence-electron chi connectivity index (χ4n) is 1.73. The molecule has 0 fully saturated rings. The lowest BCUT2D eigenvalue weighted by atomic mass is 10.2. The Hall–Kier alpha value is -2.25. The average Bonchev–Trinajstić information content (AvgIpc) is 2.65. The molecule has 1 aromatic carbocycles. The van der Waals surface area contributed by atoms with Crippen LogP contribution in [0.25, 0.3) is 10.9 Å². The van der Waals surface area contributed by atoms with Gasteiger partial charge in [-0.2, -0.15) is 18.3 Å². The summed E-state index contributed by atoms with van der Waals surface area (Å²) in [4.78, 5) is 11.0. The summed E-state index contributed by atoms with van der Waals surface area (Å²) >= 11 is 0. The molecule has 1 aromatic heterocycles. The number of ether oxygens (including phenoxy) is 1. The lowest BCUT2D eigenvalue weighted by Gasteiger charge is -2.07. The zero-order valence-electron chi connectivity index (χ0n) is 9.73. The Morgan fingerprint density at radius 3 is 2.68 bits per heavy atom. The van der Waals surface area contributed by atoms with Crippen LogP contribution in [0.3, 0.4) is 0 Å². The molecule has 0 saturated carbocycles. The van der Waals surface area contributed by atoms with Crippen molar-refractivity contribution >= 4 is 16.9 Å². The Bertz CT molecular complexity index is 634. The summed E-state index contributed by atoms with van der Waals surface area (Å²) in [6.45, 7) is -1.34. The van der Waals surface area contributed by atoms with Crippen LogP contribution >= 0.6 is 0 Å². The fourth-order valence-corrected chi connectivity index (χ4v) is 1.73. The maximum absolute atomic E-state index is 12.4. The summed E-state index contributed by atoms with van der Waals surface area (Å²) in [5, 5.41) is 12.6. The van der Waals surface area contributed by atoms with Crippen molar-refractivity contribution in [2.45, 2.75) is 12.7 Å². The van der Waals surface area contributed by atoms with E-state index < -0.39 is 24.4 Å². The molecule has 1 N–H and O–H groups in total. The van der Waals surface area contributed by atoms with E-state index >= 15 is 0 Å². The number of halogens is 3. The minimum absolute atomic E-state index is 0.0931. The van der Waals surface area contributed by atoms with Crippen molar-refractivity contribution in [3.8, 4) is 5.75 Å². The molecular weight excluding hydrogens is 265 g/mol. The molecule has 0 radical (unpaired) electrons. The standard InChI is InChI=1S/C11H9F3N2O3/c1-19-6-2-3-8-7(4-6)9(10(17)18)15-16(8)5-11(12,13)14/h2-4H,5H2,1H3,(H,17,18). The third-order valence-corrected chi connectivity index (χ3v) is 2.49. The van der Waals surface area contributed by atoms with Gasteiger partial charge in [0.15, 0.2) is 5.69 Å². The summed E-state index contributed by atoms with van der Waals surface area (Å²) in [6, 6.07) is 4.14. The van der Waals surface area contributed by atoms with Crippen LogP contribution in [0, 0.1) is 0 Å². The summed E-state index contributed by atoms with van der Waals surface area (Å²) in [7, 11) is 1.38. The number of rotatable bonds is 3. The van der Waals surface area contributed by atoms with Gasteiger partial charge in [-0.25, -0.2) is 4.79 Å². The van der Waals surface area contributed by atoms with Crippen LogP contribution in [0.15, 0.2) is 18.2 Å². The number of fused-ring (bicyclic) bond motifs is 1. The van der Waals surface area contributed by atoms with Crippen LogP contribution in [0.5, 0.6) is 5.75 Å². The molecule has 0 amide bonds. The van der Waals surface area contributed by atoms with Crippen LogP contribution < -0.4 is 4.74 Å². The molecule has 102 valence electrons. The van der Waals surface area contributed by atoms with Crippen LogP contribution in [-0.2, 0) is 6.54 Å². The molecule has 0 saturated heterocycles. The number of hydrogen-bond donors (Lipinski definition) is 1. The second-order valence-corrected chi connectivity index (χ2v) is 3.81. The number of methoxy groups -OCH3 is 1. The average molecular weight is 274 g/mol. The molecule has 5 nitrogen and oxygen atoms in total. The number of aromatic nitrogens is 2. The van der Waals surface area contributed by atoms with E-state index in [2.05, 4.69) is 5.10 Å². The van der Waals surface area contributed by atoms with Gasteiger partial charge in [0.1, 0.15) is 12.3 Å². The first-order chi connectivity index (χ1) is 8.81. The number of aromatic carboxylic acids is 1. The third kappa shape index (κ3) is 2.61. The number of hydrogen-bond acceptors (Lipinski definition) is 3. The van der Waals surface area contributed by atoms with Crippen molar-refractivity contribution in [3.05, 3.63) is 23.9 Å². The predicted octanol–water partition coefficient (Wildman–Crippen LogP) is 2.31. The van der Waals surface area contributed by atoms with Gasteiger partial charge in [0.05, 0.1) is 12.6 Å². The molecule has 0 aliphatic rings. The van der Waals surface area contributed by atoms with Crippen molar-refractivity contribution < 1.29 is 27.8 Å². The van der Waals surface area contributed by atoms with Gasteiger partial charge in [-0.05, 0) is 18.2 Å². The maximum Gasteiger partial charge on any atom is 0.408 e. The van der Waals surface area contributed by atoms with Crippen molar-refractivity contribution in [2.24, 2.45) is 0 Å². The summed E-state index contributed by atoms with van der Waals surface area (Å²) in [5.74, 6) is -1.04. The summed E-state index contributed by atoms with van der Waals surface area (Å²) in [6.07, 6.45) is -4.48. The largest absolute Gasteiger partial charge is 0.497 e. The molecule has 0 bridgehead atoms. The van der Waals surface area contributed by atoms with E-state index in [0.29, 0.717) is 10.4 Å². The number of carboxylic acid groups (broad SMARTS) is 1. The van der Waals surface area contributed by atoms with Gasteiger partial charge in [0.25, 0.3) is 0 Å². The van der Waals surface area contributed by atoms with Gasteiger partial charge in [0, 0.05) is 5.39 Å². The van der Waals surface area contributed by atoms with E-state index in [1.165, 1.54) is 25.3 Å². The second kappa shape index (κ2) is 4.45. The Morgan fingerprint density at radius 1 is 1.47 bits per heavy atom. The molecule has 0 aliphatic carbocycles. The minimum Gasteiger partial charge on any atom is -0.497 e. The number of alkyl halides is 3. The van der Waals surface area contributed by atoms with Gasteiger partial charge in [0.2, 0.25) is 0 Å². The Balaban J connectivity index is 2.63. The van der Waals surface area contributed by atoms with Crippen LogP contribution in [0.2, 0.25) is 0 Å². The van der Waals surface area contributed by atoms with Crippen LogP contribution in [0.1, 0.15) is 10.5 Å². The fraction of sp³-hybridized carbons (Fsp3) is 0.273. The van der Waals surface area contributed by atoms with Crippen LogP contribution in [-0.4, -0.2) is 34.1 Å². The quantitative estimate of drug-likeness (QED) is 0.932. The highest BCUT2D eigenvalue weighted by molar-refractivity contribution is 6.01. The highest BCUT2D eigenvalue weighted by Gasteiger charge is 2.30. The third-order valence-electron chi connectivity index (χ3n) is 2.49. The molecule has 0 spiro atoms. The van der Waals surface area contributed by atoms with E-state index in [1.807, 2.05) is 0 Å². The summed E-state index contributed by atoms with van der Waals surface area (Å²) < 4.78 is 42.7. The lowest BCUT2D eigenvalue weighted by molar-refractivity contribution is -0.141. The Labute approximate surface area is 105 Å². The molecule has 8 heteroatoms. The van der Waals surface area contributed by atoms with E-state index in [1.54, 1.807) is 0 Å². The summed E-state index contributed by atoms with van der Waals surface area (Å²) in [5.41, 5.74) is -0.339. The molecule has 19 heavy (non-hydrogen) atoms. The highest BCUT2D eigenvalue weighted by Crippen LogP contribution is 2.26. The zero-order valence-corrected chi connectivity index (χ0v) is 9.73. The number of carboxylic acids is 1.